The molecular formula is C51H99NO5. The molecule has 3 N–H and O–H groups in total. The molecule has 0 fully saturated rings. The average molecular weight is 806 g/mol. The van der Waals surface area contributed by atoms with Crippen LogP contribution in [0.4, 0.5) is 0 Å². The zero-order valence-electron chi connectivity index (χ0n) is 38.5. The number of hydrogen-bond donors (Lipinski definition) is 3. The van der Waals surface area contributed by atoms with Crippen LogP contribution in [-0.4, -0.2) is 46.9 Å². The zero-order chi connectivity index (χ0) is 41.7. The number of esters is 1. The fraction of sp³-hybridized carbons (Fsp3) is 0.922. The van der Waals surface area contributed by atoms with E-state index in [-0.39, 0.29) is 24.9 Å². The Morgan fingerprint density at radius 2 is 0.842 bits per heavy atom. The molecule has 57 heavy (non-hydrogen) atoms. The Hall–Kier alpha value is -1.40. The summed E-state index contributed by atoms with van der Waals surface area (Å²) in [7, 11) is 0. The van der Waals surface area contributed by atoms with Crippen molar-refractivity contribution < 1.29 is 24.5 Å². The molecule has 3 atom stereocenters. The first-order chi connectivity index (χ1) is 28.0. The normalized spacial score (nSPS) is 13.3. The monoisotopic (exact) mass is 806 g/mol. The largest absolute Gasteiger partial charge is 0.462 e. The predicted molar refractivity (Wildman–Crippen MR) is 246 cm³/mol. The molecule has 0 aromatic carbocycles. The lowest BCUT2D eigenvalue weighted by atomic mass is 10.0. The van der Waals surface area contributed by atoms with E-state index >= 15 is 0 Å². The molecule has 0 rings (SSSR count). The van der Waals surface area contributed by atoms with Gasteiger partial charge in [0.25, 0.3) is 0 Å². The zero-order valence-corrected chi connectivity index (χ0v) is 38.5. The minimum Gasteiger partial charge on any atom is -0.462 e. The van der Waals surface area contributed by atoms with E-state index in [0.29, 0.717) is 19.3 Å². The number of ether oxygens (including phenoxy) is 1. The summed E-state index contributed by atoms with van der Waals surface area (Å²) in [4.78, 5) is 26.0. The molecule has 0 bridgehead atoms. The van der Waals surface area contributed by atoms with Gasteiger partial charge in [-0.1, -0.05) is 226 Å². The molecule has 0 aromatic rings. The number of aliphatic hydroxyl groups is 2. The van der Waals surface area contributed by atoms with Crippen LogP contribution in [0.2, 0.25) is 0 Å². The van der Waals surface area contributed by atoms with Crippen molar-refractivity contribution in [3.8, 4) is 0 Å². The van der Waals surface area contributed by atoms with E-state index in [1.54, 1.807) is 0 Å². The fourth-order valence-corrected chi connectivity index (χ4v) is 7.96. The van der Waals surface area contributed by atoms with Crippen molar-refractivity contribution in [3.63, 3.8) is 0 Å². The van der Waals surface area contributed by atoms with Crippen LogP contribution in [0.15, 0.2) is 12.2 Å². The lowest BCUT2D eigenvalue weighted by Gasteiger charge is -2.24. The van der Waals surface area contributed by atoms with Crippen molar-refractivity contribution in [1.29, 1.82) is 0 Å². The molecule has 6 nitrogen and oxygen atoms in total. The molecule has 0 radical (unpaired) electrons. The Balaban J connectivity index is 4.39. The van der Waals surface area contributed by atoms with Gasteiger partial charge in [-0.05, 0) is 51.4 Å². The van der Waals surface area contributed by atoms with E-state index < -0.39 is 18.2 Å². The number of nitrogens with one attached hydrogen (secondary N) is 1. The predicted octanol–water partition coefficient (Wildman–Crippen LogP) is 15.0. The molecule has 338 valence electrons. The number of rotatable bonds is 46. The highest BCUT2D eigenvalue weighted by Crippen LogP contribution is 2.18. The van der Waals surface area contributed by atoms with Crippen molar-refractivity contribution in [2.45, 2.75) is 296 Å². The van der Waals surface area contributed by atoms with Crippen molar-refractivity contribution in [1.82, 2.24) is 5.32 Å². The second-order valence-corrected chi connectivity index (χ2v) is 17.6. The molecule has 0 saturated carbocycles. The highest BCUT2D eigenvalue weighted by molar-refractivity contribution is 5.77. The van der Waals surface area contributed by atoms with Gasteiger partial charge in [0.1, 0.15) is 6.10 Å². The SMILES string of the molecule is CCCCCCCC/C=C/CCCCCCCCCCCC(=O)OC(CCCCCCCCCCC)CC(=O)NC(CO)C(O)CCCCCCCCCCCC. The molecule has 6 heteroatoms. The number of carbonyl (C=O) groups excluding carboxylic acids is 2. The van der Waals surface area contributed by atoms with E-state index in [9.17, 15) is 19.8 Å². The number of unbranched alkanes of at least 4 members (excludes halogenated alkanes) is 32. The lowest BCUT2D eigenvalue weighted by Crippen LogP contribution is -2.46. The topological polar surface area (TPSA) is 95.9 Å². The summed E-state index contributed by atoms with van der Waals surface area (Å²) in [6.07, 6.45) is 49.9. The van der Waals surface area contributed by atoms with E-state index in [0.717, 1.165) is 44.9 Å². The highest BCUT2D eigenvalue weighted by atomic mass is 16.5. The molecule has 0 aliphatic rings. The smallest absolute Gasteiger partial charge is 0.306 e. The average Bonchev–Trinajstić information content (AvgIpc) is 3.20. The molecule has 0 spiro atoms. The molecule has 1 amide bonds. The number of amides is 1. The number of hydrogen-bond acceptors (Lipinski definition) is 5. The summed E-state index contributed by atoms with van der Waals surface area (Å²) in [6.45, 7) is 6.47. The van der Waals surface area contributed by atoms with E-state index in [2.05, 4.69) is 38.2 Å². The van der Waals surface area contributed by atoms with Crippen LogP contribution in [0, 0.1) is 0 Å². The van der Waals surface area contributed by atoms with Crippen LogP contribution >= 0.6 is 0 Å². The van der Waals surface area contributed by atoms with Gasteiger partial charge in [-0.3, -0.25) is 9.59 Å². The van der Waals surface area contributed by atoms with Gasteiger partial charge in [0.15, 0.2) is 0 Å². The van der Waals surface area contributed by atoms with Crippen LogP contribution in [0.3, 0.4) is 0 Å². The Kier molecular flexibility index (Phi) is 44.6. The van der Waals surface area contributed by atoms with Crippen molar-refractivity contribution in [2.75, 3.05) is 6.61 Å². The molecular weight excluding hydrogens is 707 g/mol. The molecule has 3 unspecified atom stereocenters. The molecule has 0 heterocycles. The minimum absolute atomic E-state index is 0.0831. The first-order valence-electron chi connectivity index (χ1n) is 25.4. The van der Waals surface area contributed by atoms with Gasteiger partial charge in [0.05, 0.1) is 25.2 Å². The van der Waals surface area contributed by atoms with Gasteiger partial charge in [-0.15, -0.1) is 0 Å². The Labute approximate surface area is 355 Å². The van der Waals surface area contributed by atoms with Gasteiger partial charge >= 0.3 is 5.97 Å². The van der Waals surface area contributed by atoms with Gasteiger partial charge in [-0.2, -0.15) is 0 Å². The van der Waals surface area contributed by atoms with E-state index in [1.807, 2.05) is 0 Å². The molecule has 0 saturated heterocycles. The van der Waals surface area contributed by atoms with Gasteiger partial charge in [-0.25, -0.2) is 0 Å². The first kappa shape index (κ1) is 55.6. The molecule has 0 aliphatic carbocycles. The first-order valence-corrected chi connectivity index (χ1v) is 25.4. The van der Waals surface area contributed by atoms with Gasteiger partial charge < -0.3 is 20.3 Å². The third kappa shape index (κ3) is 41.1. The Morgan fingerprint density at radius 3 is 1.25 bits per heavy atom. The second kappa shape index (κ2) is 45.7. The molecule has 0 aromatic heterocycles. The third-order valence-corrected chi connectivity index (χ3v) is 11.8. The Morgan fingerprint density at radius 1 is 0.491 bits per heavy atom. The Bertz CT molecular complexity index is 863. The van der Waals surface area contributed by atoms with Crippen LogP contribution < -0.4 is 5.32 Å². The quantitative estimate of drug-likeness (QED) is 0.0323. The molecule has 0 aliphatic heterocycles. The summed E-state index contributed by atoms with van der Waals surface area (Å²) < 4.78 is 5.92. The summed E-state index contributed by atoms with van der Waals surface area (Å²) >= 11 is 0. The lowest BCUT2D eigenvalue weighted by molar-refractivity contribution is -0.151. The maximum absolute atomic E-state index is 13.1. The van der Waals surface area contributed by atoms with Crippen molar-refractivity contribution in [2.24, 2.45) is 0 Å². The van der Waals surface area contributed by atoms with Gasteiger partial charge in [0.2, 0.25) is 5.91 Å². The highest BCUT2D eigenvalue weighted by Gasteiger charge is 2.24. The minimum atomic E-state index is -0.780. The van der Waals surface area contributed by atoms with Crippen molar-refractivity contribution in [3.05, 3.63) is 12.2 Å². The summed E-state index contributed by atoms with van der Waals surface area (Å²) in [6, 6.07) is -0.693. The van der Waals surface area contributed by atoms with E-state index in [4.69, 9.17) is 4.74 Å². The summed E-state index contributed by atoms with van der Waals surface area (Å²) in [5, 5.41) is 23.6. The van der Waals surface area contributed by atoms with Crippen LogP contribution in [0.25, 0.3) is 0 Å². The maximum atomic E-state index is 13.1. The van der Waals surface area contributed by atoms with Crippen LogP contribution in [0.1, 0.15) is 278 Å². The number of aliphatic hydroxyl groups excluding tert-OH is 2. The summed E-state index contributed by atoms with van der Waals surface area (Å²) in [5.41, 5.74) is 0. The maximum Gasteiger partial charge on any atom is 0.306 e. The number of allylic oxidation sites excluding steroid dienone is 2. The van der Waals surface area contributed by atoms with E-state index in [1.165, 1.54) is 186 Å². The number of carbonyl (C=O) groups is 2. The third-order valence-electron chi connectivity index (χ3n) is 11.8. The van der Waals surface area contributed by atoms with Crippen LogP contribution in [0.5, 0.6) is 0 Å². The van der Waals surface area contributed by atoms with Gasteiger partial charge in [0, 0.05) is 6.42 Å². The van der Waals surface area contributed by atoms with Crippen molar-refractivity contribution >= 4 is 11.9 Å². The second-order valence-electron chi connectivity index (χ2n) is 17.6. The fourth-order valence-electron chi connectivity index (χ4n) is 7.96. The standard InChI is InChI=1S/C51H99NO5/c1-4-7-10-13-16-19-21-22-23-24-25-26-27-28-29-32-35-38-41-44-51(56)57-47(42-39-36-33-30-18-15-12-9-6-3)45-50(55)52-48(46-53)49(54)43-40-37-34-31-20-17-14-11-8-5-2/h22-23,47-49,53-54H,4-21,24-46H2,1-3H3,(H,52,55)/b23-22+. The summed E-state index contributed by atoms with van der Waals surface area (Å²) in [5.74, 6) is -0.464. The van der Waals surface area contributed by atoms with Crippen LogP contribution in [-0.2, 0) is 14.3 Å².